The molecule has 0 atom stereocenters. The molecule has 122 valence electrons. The number of carbonyl (C=O) groups excluding carboxylic acids is 1. The number of nitrogens with one attached hydrogen (secondary N) is 2. The summed E-state index contributed by atoms with van der Waals surface area (Å²) in [5.41, 5.74) is -0.0706. The van der Waals surface area contributed by atoms with E-state index in [2.05, 4.69) is 10.0 Å². The van der Waals surface area contributed by atoms with E-state index in [9.17, 15) is 17.6 Å². The first-order chi connectivity index (χ1) is 10.9. The van der Waals surface area contributed by atoms with Gasteiger partial charge in [-0.2, -0.15) is 0 Å². The van der Waals surface area contributed by atoms with Gasteiger partial charge in [0.1, 0.15) is 5.82 Å². The van der Waals surface area contributed by atoms with Crippen molar-refractivity contribution in [3.63, 3.8) is 0 Å². The van der Waals surface area contributed by atoms with Gasteiger partial charge in [0.05, 0.1) is 17.2 Å². The van der Waals surface area contributed by atoms with Crippen LogP contribution < -0.4 is 10.0 Å². The fourth-order valence-corrected chi connectivity index (χ4v) is 2.85. The predicted molar refractivity (Wildman–Crippen MR) is 84.3 cm³/mol. The standard InChI is InChI=1S/C15H15FN2O4S/c1-2-22-15(19)17-11-8-9-13(16)14(10-11)18-23(20,21)12-6-4-3-5-7-12/h3-10,18H,2H2,1H3,(H,17,19). The summed E-state index contributed by atoms with van der Waals surface area (Å²) in [5.74, 6) is -0.765. The maximum atomic E-state index is 13.8. The molecule has 2 aromatic carbocycles. The molecule has 0 aliphatic carbocycles. The molecule has 0 saturated heterocycles. The molecule has 0 radical (unpaired) electrons. The number of anilines is 2. The Morgan fingerprint density at radius 1 is 1.17 bits per heavy atom. The molecule has 0 bridgehead atoms. The van der Waals surface area contributed by atoms with Crippen LogP contribution in [0.2, 0.25) is 0 Å². The van der Waals surface area contributed by atoms with Gasteiger partial charge in [-0.3, -0.25) is 10.0 Å². The van der Waals surface area contributed by atoms with E-state index in [4.69, 9.17) is 4.74 Å². The minimum absolute atomic E-state index is 0.00292. The number of benzene rings is 2. The molecule has 0 saturated carbocycles. The number of rotatable bonds is 5. The van der Waals surface area contributed by atoms with Gasteiger partial charge in [0.15, 0.2) is 0 Å². The maximum absolute atomic E-state index is 13.8. The van der Waals surface area contributed by atoms with Gasteiger partial charge >= 0.3 is 6.09 Å². The number of carbonyl (C=O) groups is 1. The van der Waals surface area contributed by atoms with Crippen molar-refractivity contribution in [3.8, 4) is 0 Å². The highest BCUT2D eigenvalue weighted by Gasteiger charge is 2.16. The largest absolute Gasteiger partial charge is 0.450 e. The molecule has 0 heterocycles. The fourth-order valence-electron chi connectivity index (χ4n) is 1.77. The van der Waals surface area contributed by atoms with Crippen LogP contribution >= 0.6 is 0 Å². The molecule has 2 N–H and O–H groups in total. The molecule has 0 fully saturated rings. The van der Waals surface area contributed by atoms with Crippen LogP contribution in [-0.2, 0) is 14.8 Å². The monoisotopic (exact) mass is 338 g/mol. The van der Waals surface area contributed by atoms with Crippen molar-refractivity contribution in [3.05, 3.63) is 54.3 Å². The van der Waals surface area contributed by atoms with E-state index in [0.717, 1.165) is 6.07 Å². The van der Waals surface area contributed by atoms with Crippen LogP contribution in [0.3, 0.4) is 0 Å². The molecular formula is C15H15FN2O4S. The number of hydrogen-bond donors (Lipinski definition) is 2. The molecule has 0 aliphatic heterocycles. The minimum atomic E-state index is -3.93. The molecular weight excluding hydrogens is 323 g/mol. The molecule has 8 heteroatoms. The zero-order valence-electron chi connectivity index (χ0n) is 12.2. The summed E-state index contributed by atoms with van der Waals surface area (Å²) in [4.78, 5) is 11.4. The smallest absolute Gasteiger partial charge is 0.411 e. The van der Waals surface area contributed by atoms with Crippen molar-refractivity contribution < 1.29 is 22.3 Å². The number of halogens is 1. The summed E-state index contributed by atoms with van der Waals surface area (Å²) in [6.45, 7) is 1.82. The van der Waals surface area contributed by atoms with E-state index in [0.29, 0.717) is 0 Å². The highest BCUT2D eigenvalue weighted by atomic mass is 32.2. The lowest BCUT2D eigenvalue weighted by Gasteiger charge is -2.11. The molecule has 0 aromatic heterocycles. The minimum Gasteiger partial charge on any atom is -0.450 e. The topological polar surface area (TPSA) is 84.5 Å². The van der Waals surface area contributed by atoms with E-state index in [1.165, 1.54) is 24.3 Å². The number of ether oxygens (including phenoxy) is 1. The molecule has 23 heavy (non-hydrogen) atoms. The third-order valence-corrected chi connectivity index (χ3v) is 4.17. The van der Waals surface area contributed by atoms with Crippen LogP contribution in [0, 0.1) is 5.82 Å². The summed E-state index contributed by atoms with van der Waals surface area (Å²) in [5, 5.41) is 2.37. The van der Waals surface area contributed by atoms with E-state index in [-0.39, 0.29) is 22.9 Å². The van der Waals surface area contributed by atoms with Crippen LogP contribution in [0.5, 0.6) is 0 Å². The highest BCUT2D eigenvalue weighted by molar-refractivity contribution is 7.92. The van der Waals surface area contributed by atoms with Crippen molar-refractivity contribution >= 4 is 27.5 Å². The van der Waals surface area contributed by atoms with Gasteiger partial charge < -0.3 is 4.74 Å². The van der Waals surface area contributed by atoms with Crippen LogP contribution in [0.4, 0.5) is 20.6 Å². The summed E-state index contributed by atoms with van der Waals surface area (Å²) in [7, 11) is -3.93. The Kier molecular flexibility index (Phi) is 5.17. The lowest BCUT2D eigenvalue weighted by molar-refractivity contribution is 0.168. The summed E-state index contributed by atoms with van der Waals surface area (Å²) >= 11 is 0. The lowest BCUT2D eigenvalue weighted by atomic mass is 10.3. The summed E-state index contributed by atoms with van der Waals surface area (Å²) < 4.78 is 45.1. The Hall–Kier alpha value is -2.61. The van der Waals surface area contributed by atoms with Crippen molar-refractivity contribution in [1.29, 1.82) is 0 Å². The first-order valence-electron chi connectivity index (χ1n) is 6.73. The maximum Gasteiger partial charge on any atom is 0.411 e. The van der Waals surface area contributed by atoms with Gasteiger partial charge in [0.25, 0.3) is 10.0 Å². The van der Waals surface area contributed by atoms with Gasteiger partial charge in [0, 0.05) is 5.69 Å². The van der Waals surface area contributed by atoms with Gasteiger partial charge in [-0.1, -0.05) is 18.2 Å². The summed E-state index contributed by atoms with van der Waals surface area (Å²) in [6, 6.07) is 11.1. The molecule has 0 unspecified atom stereocenters. The van der Waals surface area contributed by atoms with Gasteiger partial charge in [-0.25, -0.2) is 17.6 Å². The highest BCUT2D eigenvalue weighted by Crippen LogP contribution is 2.23. The Morgan fingerprint density at radius 3 is 2.52 bits per heavy atom. The molecule has 0 spiro atoms. The molecule has 6 nitrogen and oxygen atoms in total. The van der Waals surface area contributed by atoms with Crippen molar-refractivity contribution in [1.82, 2.24) is 0 Å². The second-order valence-corrected chi connectivity index (χ2v) is 6.14. The van der Waals surface area contributed by atoms with Crippen LogP contribution in [-0.4, -0.2) is 21.1 Å². The number of hydrogen-bond acceptors (Lipinski definition) is 4. The lowest BCUT2D eigenvalue weighted by Crippen LogP contribution is -2.16. The average Bonchev–Trinajstić information content (AvgIpc) is 2.51. The number of amides is 1. The summed E-state index contributed by atoms with van der Waals surface area (Å²) in [6.07, 6.45) is -0.712. The van der Waals surface area contributed by atoms with E-state index in [1.54, 1.807) is 25.1 Å². The van der Waals surface area contributed by atoms with Crippen LogP contribution in [0.1, 0.15) is 6.92 Å². The average molecular weight is 338 g/mol. The zero-order valence-corrected chi connectivity index (χ0v) is 13.1. The number of sulfonamides is 1. The Morgan fingerprint density at radius 2 is 1.87 bits per heavy atom. The van der Waals surface area contributed by atoms with E-state index in [1.807, 2.05) is 0 Å². The quantitative estimate of drug-likeness (QED) is 0.877. The Bertz CT molecular complexity index is 794. The molecule has 2 aromatic rings. The Balaban J connectivity index is 2.24. The second-order valence-electron chi connectivity index (χ2n) is 4.46. The van der Waals surface area contributed by atoms with E-state index >= 15 is 0 Å². The third-order valence-electron chi connectivity index (χ3n) is 2.79. The Labute approximate surface area is 133 Å². The van der Waals surface area contributed by atoms with Crippen molar-refractivity contribution in [2.45, 2.75) is 11.8 Å². The SMILES string of the molecule is CCOC(=O)Nc1ccc(F)c(NS(=O)(=O)c2ccccc2)c1. The van der Waals surface area contributed by atoms with Crippen molar-refractivity contribution in [2.24, 2.45) is 0 Å². The van der Waals surface area contributed by atoms with Gasteiger partial charge in [0.2, 0.25) is 0 Å². The zero-order chi connectivity index (χ0) is 16.9. The van der Waals surface area contributed by atoms with Crippen molar-refractivity contribution in [2.75, 3.05) is 16.6 Å². The first-order valence-corrected chi connectivity index (χ1v) is 8.22. The molecule has 2 rings (SSSR count). The molecule has 0 aliphatic rings. The third kappa shape index (κ3) is 4.43. The first kappa shape index (κ1) is 16.8. The van der Waals surface area contributed by atoms with Crippen LogP contribution in [0.25, 0.3) is 0 Å². The van der Waals surface area contributed by atoms with Crippen LogP contribution in [0.15, 0.2) is 53.4 Å². The fraction of sp³-hybridized carbons (Fsp3) is 0.133. The normalized spacial score (nSPS) is 10.9. The van der Waals surface area contributed by atoms with Gasteiger partial charge in [-0.05, 0) is 37.3 Å². The predicted octanol–water partition coefficient (Wildman–Crippen LogP) is 3.19. The van der Waals surface area contributed by atoms with Gasteiger partial charge in [-0.15, -0.1) is 0 Å². The molecule has 1 amide bonds. The second kappa shape index (κ2) is 7.10. The van der Waals surface area contributed by atoms with E-state index < -0.39 is 21.9 Å².